The topological polar surface area (TPSA) is 128 Å². The molecule has 3 rings (SSSR count). The molecule has 0 radical (unpaired) electrons. The Kier molecular flexibility index (Phi) is 8.43. The number of sulfone groups is 1. The van der Waals surface area contributed by atoms with E-state index in [0.29, 0.717) is 38.2 Å². The van der Waals surface area contributed by atoms with Gasteiger partial charge in [0.25, 0.3) is 0 Å². The number of piperidine rings is 1. The number of nitrogens with zero attached hydrogens (tertiary/aromatic N) is 2. The molecule has 2 saturated heterocycles. The predicted octanol–water partition coefficient (Wildman–Crippen LogP) is 3.10. The summed E-state index contributed by atoms with van der Waals surface area (Å²) in [6, 6.07) is 1.61. The molecular weight excluding hydrogens is 518 g/mol. The lowest BCUT2D eigenvalue weighted by atomic mass is 9.84. The molecule has 2 aliphatic rings. The van der Waals surface area contributed by atoms with Crippen molar-refractivity contribution in [1.82, 2.24) is 9.46 Å². The van der Waals surface area contributed by atoms with Gasteiger partial charge < -0.3 is 14.0 Å². The number of anilines is 1. The van der Waals surface area contributed by atoms with Gasteiger partial charge in [-0.2, -0.15) is 0 Å². The van der Waals surface area contributed by atoms with Crippen molar-refractivity contribution in [2.75, 3.05) is 43.8 Å². The Morgan fingerprint density at radius 3 is 2.32 bits per heavy atom. The third-order valence-electron chi connectivity index (χ3n) is 7.90. The first-order chi connectivity index (χ1) is 16.8. The molecule has 37 heavy (non-hydrogen) atoms. The van der Waals surface area contributed by atoms with Crippen LogP contribution in [0, 0.1) is 0 Å². The normalized spacial score (nSPS) is 23.2. The van der Waals surface area contributed by atoms with Gasteiger partial charge in [0, 0.05) is 49.9 Å². The van der Waals surface area contributed by atoms with Gasteiger partial charge in [-0.05, 0) is 52.9 Å². The van der Waals surface area contributed by atoms with Crippen LogP contribution in [0.1, 0.15) is 72.4 Å². The number of amides is 1. The lowest BCUT2D eigenvalue weighted by molar-refractivity contribution is -0.196. The van der Waals surface area contributed by atoms with E-state index in [4.69, 9.17) is 14.0 Å². The summed E-state index contributed by atoms with van der Waals surface area (Å²) in [6.07, 6.45) is 8.20. The summed E-state index contributed by atoms with van der Waals surface area (Å²) in [7, 11) is -6.78. The zero-order valence-corrected chi connectivity index (χ0v) is 25.2. The Bertz CT molecular complexity index is 1130. The van der Waals surface area contributed by atoms with Crippen molar-refractivity contribution in [2.45, 2.75) is 94.5 Å². The van der Waals surface area contributed by atoms with Gasteiger partial charge in [-0.1, -0.05) is 28.3 Å². The number of hydrogen-bond acceptors (Lipinski definition) is 8. The lowest BCUT2D eigenvalue weighted by Crippen LogP contribution is -2.56. The number of carbonyl (C=O) groups is 1. The van der Waals surface area contributed by atoms with Crippen molar-refractivity contribution >= 4 is 30.9 Å². The maximum atomic E-state index is 13.5. The summed E-state index contributed by atoms with van der Waals surface area (Å²) in [6.45, 7) is 10.2. The van der Waals surface area contributed by atoms with E-state index in [-0.39, 0.29) is 18.3 Å². The van der Waals surface area contributed by atoms with Crippen LogP contribution in [-0.4, -0.2) is 88.9 Å². The van der Waals surface area contributed by atoms with E-state index in [2.05, 4.69) is 10.5 Å². The molecule has 1 aromatic rings. The molecule has 1 unspecified atom stereocenters. The largest absolute Gasteiger partial charge is 0.353 e. The SMILES string of the molecule is C[C@H](OC1CCCCO1)C(C)(C)c1cc(NC(=O)C(C)(C)S(=O)(=O)C2CCN(S(C)(C)(C)=O)CC2)on1. The summed E-state index contributed by atoms with van der Waals surface area (Å²) in [4.78, 5) is 13.2. The second kappa shape index (κ2) is 10.3. The zero-order valence-electron chi connectivity index (χ0n) is 23.5. The van der Waals surface area contributed by atoms with Gasteiger partial charge in [-0.25, -0.2) is 12.7 Å². The molecule has 3 heterocycles. The summed E-state index contributed by atoms with van der Waals surface area (Å²) in [5, 5.41) is 6.06. The molecule has 1 N–H and O–H groups in total. The Balaban J connectivity index is 1.66. The molecule has 12 heteroatoms. The molecule has 214 valence electrons. The summed E-state index contributed by atoms with van der Waals surface area (Å²) < 4.78 is 57.2. The molecule has 0 saturated carbocycles. The van der Waals surface area contributed by atoms with Crippen molar-refractivity contribution in [2.24, 2.45) is 0 Å². The Labute approximate surface area is 221 Å². The smallest absolute Gasteiger partial charge is 0.247 e. The molecule has 0 aliphatic carbocycles. The molecule has 10 nitrogen and oxygen atoms in total. The molecular formula is C25H45N3O7S2. The Morgan fingerprint density at radius 1 is 1.16 bits per heavy atom. The van der Waals surface area contributed by atoms with Crippen LogP contribution >= 0.6 is 0 Å². The van der Waals surface area contributed by atoms with E-state index >= 15 is 0 Å². The van der Waals surface area contributed by atoms with Crippen molar-refractivity contribution in [3.63, 3.8) is 0 Å². The van der Waals surface area contributed by atoms with Crippen LogP contribution in [0.2, 0.25) is 0 Å². The fourth-order valence-corrected chi connectivity index (χ4v) is 8.06. The second-order valence-electron chi connectivity index (χ2n) is 12.4. The van der Waals surface area contributed by atoms with Crippen LogP contribution in [0.15, 0.2) is 10.6 Å². The molecule has 2 aliphatic heterocycles. The number of hydrogen-bond donors (Lipinski definition) is 1. The van der Waals surface area contributed by atoms with Gasteiger partial charge >= 0.3 is 0 Å². The molecule has 0 bridgehead atoms. The minimum Gasteiger partial charge on any atom is -0.353 e. The summed E-state index contributed by atoms with van der Waals surface area (Å²) >= 11 is 0. The monoisotopic (exact) mass is 563 g/mol. The predicted molar refractivity (Wildman–Crippen MR) is 146 cm³/mol. The summed E-state index contributed by atoms with van der Waals surface area (Å²) in [5.41, 5.74) is 0.0355. The first kappa shape index (κ1) is 30.2. The maximum absolute atomic E-state index is 13.5. The van der Waals surface area contributed by atoms with Gasteiger partial charge in [-0.15, -0.1) is 0 Å². The fraction of sp³-hybridized carbons (Fsp3) is 0.840. The average Bonchev–Trinajstić information content (AvgIpc) is 3.28. The lowest BCUT2D eigenvalue weighted by Gasteiger charge is -2.46. The van der Waals surface area contributed by atoms with Crippen LogP contribution < -0.4 is 5.32 Å². The molecule has 1 amide bonds. The number of ether oxygens (including phenoxy) is 2. The van der Waals surface area contributed by atoms with E-state index in [1.54, 1.807) is 24.8 Å². The molecule has 2 fully saturated rings. The highest BCUT2D eigenvalue weighted by molar-refractivity contribution is 8.16. The van der Waals surface area contributed by atoms with Crippen LogP contribution in [-0.2, 0) is 38.8 Å². The molecule has 0 aromatic carbocycles. The number of nitrogens with one attached hydrogen (secondary N) is 1. The zero-order chi connectivity index (χ0) is 27.9. The van der Waals surface area contributed by atoms with E-state index in [1.807, 2.05) is 25.1 Å². The second-order valence-corrected chi connectivity index (χ2v) is 20.3. The number of carbonyl (C=O) groups excluding carboxylic acids is 1. The third-order valence-corrected chi connectivity index (χ3v) is 13.0. The highest BCUT2D eigenvalue weighted by Crippen LogP contribution is 2.34. The Hall–Kier alpha value is -1.34. The number of aromatic nitrogens is 1. The molecule has 0 spiro atoms. The first-order valence-corrected chi connectivity index (χ1v) is 17.7. The van der Waals surface area contributed by atoms with Gasteiger partial charge in [-0.3, -0.25) is 14.3 Å². The molecule has 2 atom stereocenters. The highest BCUT2D eigenvalue weighted by atomic mass is 32.3. The maximum Gasteiger partial charge on any atom is 0.247 e. The van der Waals surface area contributed by atoms with E-state index in [9.17, 15) is 17.4 Å². The van der Waals surface area contributed by atoms with Gasteiger partial charge in [0.05, 0.1) is 17.0 Å². The minimum atomic E-state index is -3.85. The van der Waals surface area contributed by atoms with E-state index < -0.39 is 40.4 Å². The van der Waals surface area contributed by atoms with Crippen LogP contribution in [0.5, 0.6) is 0 Å². The van der Waals surface area contributed by atoms with Gasteiger partial charge in [0.1, 0.15) is 4.75 Å². The molecule has 1 aromatic heterocycles. The van der Waals surface area contributed by atoms with Crippen molar-refractivity contribution in [1.29, 1.82) is 0 Å². The van der Waals surface area contributed by atoms with Crippen molar-refractivity contribution in [3.8, 4) is 0 Å². The van der Waals surface area contributed by atoms with E-state index in [1.165, 1.54) is 13.8 Å². The average molecular weight is 564 g/mol. The van der Waals surface area contributed by atoms with Crippen LogP contribution in [0.4, 0.5) is 5.88 Å². The standard InChI is InChI=1S/C25H45N3O7S2/c1-18(34-22-11-9-10-16-33-22)24(2,3)20-17-21(35-27-20)26-23(29)25(4,5)36(30,31)19-12-14-28(15-13-19)37(6,7,8)32/h17-19,22H,9-16H2,1-8H3,(H,26,29)/t18-,22?/m0/s1. The Morgan fingerprint density at radius 2 is 1.78 bits per heavy atom. The van der Waals surface area contributed by atoms with Gasteiger partial charge in [0.2, 0.25) is 11.8 Å². The highest BCUT2D eigenvalue weighted by Gasteiger charge is 2.48. The number of rotatable bonds is 9. The van der Waals surface area contributed by atoms with Crippen molar-refractivity contribution < 1.29 is 31.4 Å². The first-order valence-electron chi connectivity index (χ1n) is 13.0. The van der Waals surface area contributed by atoms with Gasteiger partial charge in [0.15, 0.2) is 16.1 Å². The van der Waals surface area contributed by atoms with Crippen LogP contribution in [0.3, 0.4) is 0 Å². The van der Waals surface area contributed by atoms with Crippen molar-refractivity contribution in [3.05, 3.63) is 11.8 Å². The van der Waals surface area contributed by atoms with E-state index in [0.717, 1.165) is 19.3 Å². The quantitative estimate of drug-likeness (QED) is 0.485. The summed E-state index contributed by atoms with van der Waals surface area (Å²) in [5.74, 6) is -0.600. The third kappa shape index (κ3) is 6.63. The van der Waals surface area contributed by atoms with Crippen LogP contribution in [0.25, 0.3) is 0 Å². The minimum absolute atomic E-state index is 0.0815. The fourth-order valence-electron chi connectivity index (χ4n) is 4.64.